The largest absolute Gasteiger partial charge is 0.457 e. The average Bonchev–Trinajstić information content (AvgIpc) is 3.53. The monoisotopic (exact) mass is 466 g/mol. The molecule has 6 rings (SSSR count). The Balaban J connectivity index is 1.23. The van der Waals surface area contributed by atoms with Crippen molar-refractivity contribution in [3.63, 3.8) is 0 Å². The number of benzene rings is 2. The van der Waals surface area contributed by atoms with Gasteiger partial charge in [0.05, 0.1) is 22.9 Å². The molecular formula is C27H22N4O4. The maximum Gasteiger partial charge on any atom is 0.261 e. The van der Waals surface area contributed by atoms with E-state index < -0.39 is 0 Å². The van der Waals surface area contributed by atoms with Crippen molar-refractivity contribution in [2.24, 2.45) is 7.05 Å². The molecule has 1 aliphatic rings. The predicted octanol–water partition coefficient (Wildman–Crippen LogP) is 4.56. The van der Waals surface area contributed by atoms with Crippen molar-refractivity contribution in [2.75, 3.05) is 6.79 Å². The van der Waals surface area contributed by atoms with E-state index >= 15 is 0 Å². The molecule has 8 nitrogen and oxygen atoms in total. The Morgan fingerprint density at radius 1 is 0.971 bits per heavy atom. The SMILES string of the molecule is Cn1ccc(-c2cc(Oc3ccc4ncn(CCc5ccc6c(c5)OCO6)c(=O)c4c3)ccn2)c1. The van der Waals surface area contributed by atoms with Gasteiger partial charge in [0.2, 0.25) is 6.79 Å². The number of fused-ring (bicyclic) bond motifs is 2. The lowest BCUT2D eigenvalue weighted by molar-refractivity contribution is 0.174. The van der Waals surface area contributed by atoms with Gasteiger partial charge in [-0.05, 0) is 54.4 Å². The molecule has 2 aromatic carbocycles. The van der Waals surface area contributed by atoms with Gasteiger partial charge in [-0.15, -0.1) is 0 Å². The molecule has 3 aromatic heterocycles. The highest BCUT2D eigenvalue weighted by Crippen LogP contribution is 2.32. The van der Waals surface area contributed by atoms with Crippen molar-refractivity contribution >= 4 is 10.9 Å². The van der Waals surface area contributed by atoms with Gasteiger partial charge in [0.15, 0.2) is 11.5 Å². The third kappa shape index (κ3) is 4.21. The predicted molar refractivity (Wildman–Crippen MR) is 131 cm³/mol. The molecule has 4 heterocycles. The summed E-state index contributed by atoms with van der Waals surface area (Å²) in [6, 6.07) is 16.9. The van der Waals surface area contributed by atoms with E-state index in [-0.39, 0.29) is 12.4 Å². The van der Waals surface area contributed by atoms with Crippen LogP contribution in [0.5, 0.6) is 23.0 Å². The molecule has 0 radical (unpaired) electrons. The topological polar surface area (TPSA) is 80.4 Å². The molecule has 0 N–H and O–H groups in total. The van der Waals surface area contributed by atoms with E-state index in [1.165, 1.54) is 0 Å². The zero-order valence-corrected chi connectivity index (χ0v) is 19.0. The van der Waals surface area contributed by atoms with Crippen LogP contribution >= 0.6 is 0 Å². The molecule has 0 spiro atoms. The van der Waals surface area contributed by atoms with Gasteiger partial charge in [0.25, 0.3) is 5.56 Å². The van der Waals surface area contributed by atoms with E-state index in [2.05, 4.69) is 9.97 Å². The summed E-state index contributed by atoms with van der Waals surface area (Å²) in [6.45, 7) is 0.738. The first-order valence-corrected chi connectivity index (χ1v) is 11.3. The summed E-state index contributed by atoms with van der Waals surface area (Å²) in [4.78, 5) is 22.1. The van der Waals surface area contributed by atoms with Crippen LogP contribution in [-0.2, 0) is 20.0 Å². The van der Waals surface area contributed by atoms with Gasteiger partial charge >= 0.3 is 0 Å². The van der Waals surface area contributed by atoms with E-state index in [1.807, 2.05) is 60.4 Å². The molecule has 8 heteroatoms. The summed E-state index contributed by atoms with van der Waals surface area (Å²) in [5.41, 5.74) is 3.40. The van der Waals surface area contributed by atoms with Crippen LogP contribution in [-0.4, -0.2) is 25.9 Å². The smallest absolute Gasteiger partial charge is 0.261 e. The van der Waals surface area contributed by atoms with Crippen LogP contribution < -0.4 is 19.8 Å². The molecule has 35 heavy (non-hydrogen) atoms. The van der Waals surface area contributed by atoms with E-state index in [9.17, 15) is 4.79 Å². The molecule has 1 aliphatic heterocycles. The van der Waals surface area contributed by atoms with Crippen molar-refractivity contribution in [1.29, 1.82) is 0 Å². The number of aromatic nitrogens is 4. The first-order valence-electron chi connectivity index (χ1n) is 11.3. The van der Waals surface area contributed by atoms with Crippen LogP contribution in [0.15, 0.2) is 84.3 Å². The number of hydrogen-bond donors (Lipinski definition) is 0. The molecular weight excluding hydrogens is 444 g/mol. The second-order valence-electron chi connectivity index (χ2n) is 8.40. The van der Waals surface area contributed by atoms with Crippen molar-refractivity contribution in [2.45, 2.75) is 13.0 Å². The summed E-state index contributed by atoms with van der Waals surface area (Å²) in [5, 5.41) is 0.507. The minimum absolute atomic E-state index is 0.110. The first kappa shape index (κ1) is 21.0. The number of aryl methyl sites for hydroxylation is 3. The Kier molecular flexibility index (Phi) is 5.18. The maximum absolute atomic E-state index is 13.2. The Labute approximate surface area is 201 Å². The highest BCUT2D eigenvalue weighted by molar-refractivity contribution is 5.79. The lowest BCUT2D eigenvalue weighted by Gasteiger charge is -2.10. The number of rotatable bonds is 6. The standard InChI is InChI=1S/C27H22N4O4/c1-30-10-8-19(15-30)24-14-21(6-9-28-24)35-20-3-4-23-22(13-20)27(32)31(16-29-23)11-7-18-2-5-25-26(12-18)34-17-33-25/h2-6,8-10,12-16H,7,11,17H2,1H3. The van der Waals surface area contributed by atoms with Gasteiger partial charge in [-0.25, -0.2) is 4.98 Å². The zero-order chi connectivity index (χ0) is 23.8. The van der Waals surface area contributed by atoms with E-state index in [0.717, 1.165) is 28.3 Å². The van der Waals surface area contributed by atoms with E-state index in [4.69, 9.17) is 14.2 Å². The van der Waals surface area contributed by atoms with Crippen molar-refractivity contribution in [1.82, 2.24) is 19.1 Å². The highest BCUT2D eigenvalue weighted by Gasteiger charge is 2.14. The lowest BCUT2D eigenvalue weighted by Crippen LogP contribution is -2.21. The minimum atomic E-state index is -0.110. The van der Waals surface area contributed by atoms with Crippen LogP contribution in [0, 0.1) is 0 Å². The molecule has 0 bridgehead atoms. The normalized spacial score (nSPS) is 12.3. The van der Waals surface area contributed by atoms with Crippen LogP contribution in [0.3, 0.4) is 0 Å². The molecule has 0 atom stereocenters. The van der Waals surface area contributed by atoms with Crippen molar-refractivity contribution < 1.29 is 14.2 Å². The van der Waals surface area contributed by atoms with E-state index in [0.29, 0.717) is 35.4 Å². The summed E-state index contributed by atoms with van der Waals surface area (Å²) < 4.78 is 20.5. The fourth-order valence-corrected chi connectivity index (χ4v) is 4.13. The van der Waals surface area contributed by atoms with Crippen molar-refractivity contribution in [3.8, 4) is 34.3 Å². The number of hydrogen-bond acceptors (Lipinski definition) is 6. The second-order valence-corrected chi connectivity index (χ2v) is 8.40. The Bertz CT molecular complexity index is 1600. The summed E-state index contributed by atoms with van der Waals surface area (Å²) in [7, 11) is 1.97. The molecule has 5 aromatic rings. The third-order valence-corrected chi connectivity index (χ3v) is 5.97. The van der Waals surface area contributed by atoms with Gasteiger partial charge in [-0.1, -0.05) is 6.07 Å². The summed E-state index contributed by atoms with van der Waals surface area (Å²) in [6.07, 6.45) is 7.94. The summed E-state index contributed by atoms with van der Waals surface area (Å²) in [5.74, 6) is 2.69. The van der Waals surface area contributed by atoms with Gasteiger partial charge in [-0.2, -0.15) is 0 Å². The van der Waals surface area contributed by atoms with Gasteiger partial charge in [0.1, 0.15) is 11.5 Å². The number of ether oxygens (including phenoxy) is 3. The molecule has 0 unspecified atom stereocenters. The molecule has 174 valence electrons. The molecule has 0 aliphatic carbocycles. The Morgan fingerprint density at radius 2 is 1.86 bits per heavy atom. The highest BCUT2D eigenvalue weighted by atomic mass is 16.7. The first-order chi connectivity index (χ1) is 17.1. The zero-order valence-electron chi connectivity index (χ0n) is 19.0. The third-order valence-electron chi connectivity index (χ3n) is 5.97. The summed E-state index contributed by atoms with van der Waals surface area (Å²) >= 11 is 0. The van der Waals surface area contributed by atoms with Gasteiger partial charge < -0.3 is 18.8 Å². The van der Waals surface area contributed by atoms with Crippen LogP contribution in [0.25, 0.3) is 22.2 Å². The molecule has 0 amide bonds. The van der Waals surface area contributed by atoms with Crippen molar-refractivity contribution in [3.05, 3.63) is 95.4 Å². The van der Waals surface area contributed by atoms with Crippen LogP contribution in [0.2, 0.25) is 0 Å². The fourth-order valence-electron chi connectivity index (χ4n) is 4.13. The second kappa shape index (κ2) is 8.64. The van der Waals surface area contributed by atoms with Gasteiger partial charge in [0, 0.05) is 43.8 Å². The Hall–Kier alpha value is -4.59. The fraction of sp³-hybridized carbons (Fsp3) is 0.148. The van der Waals surface area contributed by atoms with Crippen LogP contribution in [0.1, 0.15) is 5.56 Å². The molecule has 0 saturated carbocycles. The quantitative estimate of drug-likeness (QED) is 0.365. The Morgan fingerprint density at radius 3 is 2.74 bits per heavy atom. The average molecular weight is 466 g/mol. The lowest BCUT2D eigenvalue weighted by atomic mass is 10.1. The van der Waals surface area contributed by atoms with Gasteiger partial charge in [-0.3, -0.25) is 14.3 Å². The van der Waals surface area contributed by atoms with E-state index in [1.54, 1.807) is 35.3 Å². The number of nitrogens with zero attached hydrogens (tertiary/aromatic N) is 4. The minimum Gasteiger partial charge on any atom is -0.457 e. The number of pyridine rings is 1. The molecule has 0 saturated heterocycles. The van der Waals surface area contributed by atoms with Crippen LogP contribution in [0.4, 0.5) is 0 Å². The molecule has 0 fully saturated rings. The maximum atomic E-state index is 13.2.